The van der Waals surface area contributed by atoms with Crippen LogP contribution in [0, 0.1) is 17.2 Å². The van der Waals surface area contributed by atoms with Crippen molar-refractivity contribution in [3.8, 4) is 6.07 Å². The fourth-order valence-corrected chi connectivity index (χ4v) is 3.91. The van der Waals surface area contributed by atoms with Gasteiger partial charge in [-0.15, -0.1) is 0 Å². The number of allylic oxidation sites excluding steroid dienone is 2. The Morgan fingerprint density at radius 1 is 1.32 bits per heavy atom. The predicted octanol–water partition coefficient (Wildman–Crippen LogP) is 0.979. The van der Waals surface area contributed by atoms with E-state index in [9.17, 15) is 5.26 Å². The van der Waals surface area contributed by atoms with Crippen molar-refractivity contribution in [2.75, 3.05) is 52.5 Å². The Bertz CT molecular complexity index is 538. The summed E-state index contributed by atoms with van der Waals surface area (Å²) in [5, 5.41) is 13.3. The Balaban J connectivity index is 1.73. The first-order chi connectivity index (χ1) is 12.2. The molecule has 2 saturated heterocycles. The van der Waals surface area contributed by atoms with Gasteiger partial charge < -0.3 is 14.8 Å². The quantitative estimate of drug-likeness (QED) is 0.801. The van der Waals surface area contributed by atoms with E-state index in [2.05, 4.69) is 41.1 Å². The van der Waals surface area contributed by atoms with E-state index in [4.69, 9.17) is 9.47 Å². The van der Waals surface area contributed by atoms with Crippen LogP contribution in [-0.2, 0) is 9.47 Å². The fourth-order valence-electron chi connectivity index (χ4n) is 3.91. The Morgan fingerprint density at radius 3 is 2.88 bits per heavy atom. The van der Waals surface area contributed by atoms with E-state index in [1.807, 2.05) is 18.2 Å². The molecule has 0 aromatic rings. The minimum Gasteiger partial charge on any atom is -0.379 e. The van der Waals surface area contributed by atoms with E-state index < -0.39 is 5.72 Å². The summed E-state index contributed by atoms with van der Waals surface area (Å²) in [4.78, 5) is 4.73. The molecular formula is C19H30N4O2. The highest BCUT2D eigenvalue weighted by Crippen LogP contribution is 2.35. The van der Waals surface area contributed by atoms with Crippen molar-refractivity contribution >= 4 is 0 Å². The second-order valence-electron chi connectivity index (χ2n) is 7.22. The number of ether oxygens (including phenoxy) is 2. The molecule has 138 valence electrons. The second kappa shape index (κ2) is 8.43. The molecule has 0 radical (unpaired) electrons. The summed E-state index contributed by atoms with van der Waals surface area (Å²) in [6.07, 6.45) is 8.01. The largest absolute Gasteiger partial charge is 0.379 e. The molecule has 25 heavy (non-hydrogen) atoms. The Morgan fingerprint density at radius 2 is 2.12 bits per heavy atom. The van der Waals surface area contributed by atoms with Gasteiger partial charge in [0, 0.05) is 44.8 Å². The van der Waals surface area contributed by atoms with Gasteiger partial charge in [-0.2, -0.15) is 5.26 Å². The van der Waals surface area contributed by atoms with Crippen LogP contribution >= 0.6 is 0 Å². The van der Waals surface area contributed by atoms with Gasteiger partial charge in [-0.1, -0.05) is 18.2 Å². The van der Waals surface area contributed by atoms with Gasteiger partial charge in [-0.3, -0.25) is 9.80 Å². The van der Waals surface area contributed by atoms with Gasteiger partial charge in [-0.25, -0.2) is 0 Å². The molecule has 1 N–H and O–H groups in total. The summed E-state index contributed by atoms with van der Waals surface area (Å²) < 4.78 is 11.9. The van der Waals surface area contributed by atoms with E-state index in [0.29, 0.717) is 18.7 Å². The molecule has 6 heteroatoms. The van der Waals surface area contributed by atoms with Gasteiger partial charge >= 0.3 is 0 Å². The summed E-state index contributed by atoms with van der Waals surface area (Å²) >= 11 is 0. The molecule has 0 bridgehead atoms. The standard InChI is InChI=1S/C19H30N4O2/c1-16-15-23(17(2)14-21-16)19(6-4-3-5-18(19)13-20)25-12-9-22-7-10-24-11-8-22/h3-6,16-18,21H,7-12,14-15H2,1-2H3. The topological polar surface area (TPSA) is 60.8 Å². The lowest BCUT2D eigenvalue weighted by Gasteiger charge is -2.51. The molecule has 0 spiro atoms. The van der Waals surface area contributed by atoms with Crippen molar-refractivity contribution in [1.29, 1.82) is 5.26 Å². The van der Waals surface area contributed by atoms with E-state index in [1.54, 1.807) is 0 Å². The van der Waals surface area contributed by atoms with Crippen LogP contribution in [0.15, 0.2) is 24.3 Å². The number of hydrogen-bond donors (Lipinski definition) is 1. The van der Waals surface area contributed by atoms with Gasteiger partial charge in [0.2, 0.25) is 0 Å². The zero-order valence-electron chi connectivity index (χ0n) is 15.4. The third-order valence-corrected chi connectivity index (χ3v) is 5.39. The van der Waals surface area contributed by atoms with Gasteiger partial charge in [0.15, 0.2) is 5.72 Å². The van der Waals surface area contributed by atoms with E-state index >= 15 is 0 Å². The lowest BCUT2D eigenvalue weighted by molar-refractivity contribution is -0.163. The van der Waals surface area contributed by atoms with Crippen LogP contribution in [0.5, 0.6) is 0 Å². The number of nitrogens with one attached hydrogen (secondary N) is 1. The average Bonchev–Trinajstić information content (AvgIpc) is 2.65. The maximum absolute atomic E-state index is 9.77. The molecule has 4 atom stereocenters. The molecule has 2 heterocycles. The summed E-state index contributed by atoms with van der Waals surface area (Å²) in [5.41, 5.74) is -0.675. The number of hydrogen-bond acceptors (Lipinski definition) is 6. The molecule has 0 amide bonds. The average molecular weight is 346 g/mol. The van der Waals surface area contributed by atoms with Crippen molar-refractivity contribution in [2.24, 2.45) is 5.92 Å². The summed E-state index contributed by atoms with van der Waals surface area (Å²) in [6, 6.07) is 3.15. The van der Waals surface area contributed by atoms with Crippen molar-refractivity contribution in [2.45, 2.75) is 31.7 Å². The van der Waals surface area contributed by atoms with Crippen LogP contribution in [0.2, 0.25) is 0 Å². The molecule has 3 aliphatic rings. The number of nitriles is 1. The fraction of sp³-hybridized carbons (Fsp3) is 0.737. The van der Waals surface area contributed by atoms with E-state index in [0.717, 1.165) is 45.9 Å². The highest BCUT2D eigenvalue weighted by Gasteiger charge is 2.46. The lowest BCUT2D eigenvalue weighted by atomic mass is 9.88. The first kappa shape index (κ1) is 18.6. The van der Waals surface area contributed by atoms with Crippen LogP contribution in [0.1, 0.15) is 13.8 Å². The lowest BCUT2D eigenvalue weighted by Crippen LogP contribution is -2.66. The SMILES string of the molecule is CC1CN(C2(OCCN3CCOCC3)C=CC=CC2C#N)C(C)CN1. The predicted molar refractivity (Wildman–Crippen MR) is 97.0 cm³/mol. The van der Waals surface area contributed by atoms with Gasteiger partial charge in [-0.05, 0) is 19.9 Å². The molecule has 4 unspecified atom stereocenters. The van der Waals surface area contributed by atoms with Crippen LogP contribution in [-0.4, -0.2) is 80.2 Å². The van der Waals surface area contributed by atoms with Crippen LogP contribution in [0.25, 0.3) is 0 Å². The molecular weight excluding hydrogens is 316 g/mol. The molecule has 0 aromatic carbocycles. The van der Waals surface area contributed by atoms with Crippen molar-refractivity contribution in [1.82, 2.24) is 15.1 Å². The van der Waals surface area contributed by atoms with Crippen LogP contribution in [0.4, 0.5) is 0 Å². The van der Waals surface area contributed by atoms with Crippen molar-refractivity contribution in [3.05, 3.63) is 24.3 Å². The Kier molecular flexibility index (Phi) is 6.26. The Labute approximate surface area is 151 Å². The number of rotatable bonds is 5. The number of piperazine rings is 1. The normalized spacial score (nSPS) is 37.1. The minimum absolute atomic E-state index is 0.296. The maximum atomic E-state index is 9.77. The molecule has 0 saturated carbocycles. The number of morpholine rings is 1. The summed E-state index contributed by atoms with van der Waals surface area (Å²) in [7, 11) is 0. The van der Waals surface area contributed by atoms with E-state index in [-0.39, 0.29) is 5.92 Å². The van der Waals surface area contributed by atoms with Crippen LogP contribution in [0.3, 0.4) is 0 Å². The van der Waals surface area contributed by atoms with Gasteiger partial charge in [0.05, 0.1) is 25.9 Å². The van der Waals surface area contributed by atoms with Crippen LogP contribution < -0.4 is 5.32 Å². The monoisotopic (exact) mass is 346 g/mol. The zero-order chi connectivity index (χ0) is 17.7. The van der Waals surface area contributed by atoms with E-state index in [1.165, 1.54) is 0 Å². The Hall–Kier alpha value is -1.23. The van der Waals surface area contributed by atoms with Crippen molar-refractivity contribution < 1.29 is 9.47 Å². The summed E-state index contributed by atoms with van der Waals surface area (Å²) in [6.45, 7) is 11.1. The second-order valence-corrected chi connectivity index (χ2v) is 7.22. The number of nitrogens with zero attached hydrogens (tertiary/aromatic N) is 3. The summed E-state index contributed by atoms with van der Waals surface area (Å²) in [5.74, 6) is -0.296. The zero-order valence-corrected chi connectivity index (χ0v) is 15.4. The molecule has 0 aromatic heterocycles. The maximum Gasteiger partial charge on any atom is 0.161 e. The van der Waals surface area contributed by atoms with Gasteiger partial charge in [0.1, 0.15) is 5.92 Å². The molecule has 2 aliphatic heterocycles. The first-order valence-corrected chi connectivity index (χ1v) is 9.35. The highest BCUT2D eigenvalue weighted by atomic mass is 16.5. The molecule has 6 nitrogen and oxygen atoms in total. The molecule has 1 aliphatic carbocycles. The molecule has 3 rings (SSSR count). The minimum atomic E-state index is -0.675. The third-order valence-electron chi connectivity index (χ3n) is 5.39. The third kappa shape index (κ3) is 4.13. The van der Waals surface area contributed by atoms with Gasteiger partial charge in [0.25, 0.3) is 0 Å². The van der Waals surface area contributed by atoms with Crippen molar-refractivity contribution in [3.63, 3.8) is 0 Å². The first-order valence-electron chi connectivity index (χ1n) is 9.35. The molecule has 2 fully saturated rings. The smallest absolute Gasteiger partial charge is 0.161 e. The highest BCUT2D eigenvalue weighted by molar-refractivity contribution is 5.27.